The van der Waals surface area contributed by atoms with Crippen LogP contribution in [-0.4, -0.2) is 25.9 Å². The van der Waals surface area contributed by atoms with E-state index in [-0.39, 0.29) is 13.2 Å². The Kier molecular flexibility index (Phi) is 2.26. The van der Waals surface area contributed by atoms with E-state index in [2.05, 4.69) is 0 Å². The van der Waals surface area contributed by atoms with Crippen LogP contribution in [0.1, 0.15) is 6.92 Å². The maximum Gasteiger partial charge on any atom is 0.436 e. The van der Waals surface area contributed by atoms with E-state index in [1.165, 1.54) is 0 Å². The quantitative estimate of drug-likeness (QED) is 0.589. The molecule has 0 saturated carbocycles. The Hall–Kier alpha value is -0.330. The first-order chi connectivity index (χ1) is 4.50. The van der Waals surface area contributed by atoms with Crippen LogP contribution in [0.15, 0.2) is 0 Å². The molecule has 0 aromatic rings. The molecule has 1 unspecified atom stereocenters. The summed E-state index contributed by atoms with van der Waals surface area (Å²) in [6.45, 7) is -0.0255. The standard InChI is InChI=1S/C4H6F4O2S/c1-3(5,4(6,7)8)11(2,9)10/h1-2H3. The molecule has 7 heteroatoms. The van der Waals surface area contributed by atoms with Gasteiger partial charge < -0.3 is 0 Å². The summed E-state index contributed by atoms with van der Waals surface area (Å²) >= 11 is 0. The minimum absolute atomic E-state index is 0.0255. The first kappa shape index (κ1) is 10.7. The highest BCUT2D eigenvalue weighted by atomic mass is 32.2. The zero-order chi connectivity index (χ0) is 9.50. The normalized spacial score (nSPS) is 19.5. The van der Waals surface area contributed by atoms with Crippen molar-refractivity contribution in [3.8, 4) is 0 Å². The van der Waals surface area contributed by atoms with Crippen molar-refractivity contribution in [2.45, 2.75) is 18.1 Å². The van der Waals surface area contributed by atoms with Crippen molar-refractivity contribution in [3.63, 3.8) is 0 Å². The van der Waals surface area contributed by atoms with E-state index in [4.69, 9.17) is 0 Å². The molecule has 1 atom stereocenters. The predicted octanol–water partition coefficient (Wildman–Crippen LogP) is 1.28. The molecule has 2 nitrogen and oxygen atoms in total. The molecule has 0 aromatic carbocycles. The summed E-state index contributed by atoms with van der Waals surface area (Å²) in [5.41, 5.74) is 0. The van der Waals surface area contributed by atoms with Crippen LogP contribution in [0.25, 0.3) is 0 Å². The first-order valence-electron chi connectivity index (χ1n) is 2.45. The predicted molar refractivity (Wildman–Crippen MR) is 30.4 cm³/mol. The second-order valence-corrected chi connectivity index (χ2v) is 4.50. The van der Waals surface area contributed by atoms with Crippen molar-refractivity contribution in [2.75, 3.05) is 6.26 Å². The molecule has 0 aliphatic carbocycles. The Labute approximate surface area is 61.1 Å². The van der Waals surface area contributed by atoms with Crippen molar-refractivity contribution in [1.82, 2.24) is 0 Å². The molecule has 0 heterocycles. The summed E-state index contributed by atoms with van der Waals surface area (Å²) in [5.74, 6) is 0. The van der Waals surface area contributed by atoms with Gasteiger partial charge in [0.1, 0.15) is 0 Å². The molecule has 0 N–H and O–H groups in total. The van der Waals surface area contributed by atoms with Gasteiger partial charge in [-0.25, -0.2) is 12.8 Å². The minimum Gasteiger partial charge on any atom is -0.225 e. The van der Waals surface area contributed by atoms with Gasteiger partial charge in [-0.15, -0.1) is 0 Å². The first-order valence-corrected chi connectivity index (χ1v) is 4.34. The number of sulfone groups is 1. The number of alkyl halides is 4. The third kappa shape index (κ3) is 1.82. The largest absolute Gasteiger partial charge is 0.436 e. The zero-order valence-corrected chi connectivity index (χ0v) is 6.55. The molecular formula is C4H6F4O2S. The fraction of sp³-hybridized carbons (Fsp3) is 1.00. The molecule has 0 fully saturated rings. The lowest BCUT2D eigenvalue weighted by molar-refractivity contribution is -0.191. The maximum absolute atomic E-state index is 12.4. The Bertz CT molecular complexity index is 237. The summed E-state index contributed by atoms with van der Waals surface area (Å²) in [7, 11) is -4.75. The molecule has 0 rings (SSSR count). The molecule has 0 amide bonds. The second kappa shape index (κ2) is 2.33. The summed E-state index contributed by atoms with van der Waals surface area (Å²) in [6, 6.07) is 0. The van der Waals surface area contributed by atoms with Crippen LogP contribution in [0.4, 0.5) is 17.6 Å². The van der Waals surface area contributed by atoms with Crippen molar-refractivity contribution in [2.24, 2.45) is 0 Å². The zero-order valence-electron chi connectivity index (χ0n) is 5.74. The molecule has 0 bridgehead atoms. The molecule has 0 radical (unpaired) electrons. The Morgan fingerprint density at radius 1 is 1.09 bits per heavy atom. The van der Waals surface area contributed by atoms with Crippen LogP contribution in [-0.2, 0) is 9.84 Å². The topological polar surface area (TPSA) is 34.1 Å². The molecule has 68 valence electrons. The van der Waals surface area contributed by atoms with Gasteiger partial charge in [-0.3, -0.25) is 0 Å². The average molecular weight is 194 g/mol. The Balaban J connectivity index is 5.08. The van der Waals surface area contributed by atoms with Gasteiger partial charge in [0, 0.05) is 6.26 Å². The lowest BCUT2D eigenvalue weighted by atomic mass is 10.4. The van der Waals surface area contributed by atoms with Crippen molar-refractivity contribution in [1.29, 1.82) is 0 Å². The van der Waals surface area contributed by atoms with E-state index in [0.29, 0.717) is 0 Å². The van der Waals surface area contributed by atoms with Gasteiger partial charge in [-0.1, -0.05) is 0 Å². The van der Waals surface area contributed by atoms with Crippen LogP contribution in [0.5, 0.6) is 0 Å². The number of hydrogen-bond acceptors (Lipinski definition) is 2. The summed E-state index contributed by atoms with van der Waals surface area (Å²) in [4.78, 5) is 0. The molecule has 11 heavy (non-hydrogen) atoms. The van der Waals surface area contributed by atoms with E-state index in [1.807, 2.05) is 0 Å². The molecule has 0 saturated heterocycles. The van der Waals surface area contributed by atoms with Crippen LogP contribution >= 0.6 is 0 Å². The third-order valence-corrected chi connectivity index (χ3v) is 2.83. The average Bonchev–Trinajstić information content (AvgIpc) is 1.58. The van der Waals surface area contributed by atoms with Crippen LogP contribution in [0, 0.1) is 0 Å². The summed E-state index contributed by atoms with van der Waals surface area (Å²) < 4.78 is 67.5. The Morgan fingerprint density at radius 2 is 1.36 bits per heavy atom. The maximum atomic E-state index is 12.4. The van der Waals surface area contributed by atoms with Crippen LogP contribution in [0.2, 0.25) is 0 Å². The monoisotopic (exact) mass is 194 g/mol. The smallest absolute Gasteiger partial charge is 0.225 e. The van der Waals surface area contributed by atoms with E-state index < -0.39 is 21.0 Å². The highest BCUT2D eigenvalue weighted by Crippen LogP contribution is 2.37. The fourth-order valence-electron chi connectivity index (χ4n) is 0.210. The van der Waals surface area contributed by atoms with Gasteiger partial charge >= 0.3 is 11.2 Å². The van der Waals surface area contributed by atoms with E-state index in [9.17, 15) is 26.0 Å². The minimum atomic E-state index is -5.37. The third-order valence-electron chi connectivity index (χ3n) is 1.20. The van der Waals surface area contributed by atoms with E-state index >= 15 is 0 Å². The van der Waals surface area contributed by atoms with Crippen molar-refractivity contribution >= 4 is 9.84 Å². The lowest BCUT2D eigenvalue weighted by Gasteiger charge is -2.20. The number of rotatable bonds is 1. The van der Waals surface area contributed by atoms with Gasteiger partial charge in [-0.05, 0) is 6.92 Å². The van der Waals surface area contributed by atoms with Crippen LogP contribution < -0.4 is 0 Å². The van der Waals surface area contributed by atoms with E-state index in [0.717, 1.165) is 0 Å². The molecule has 0 spiro atoms. The van der Waals surface area contributed by atoms with E-state index in [1.54, 1.807) is 0 Å². The summed E-state index contributed by atoms with van der Waals surface area (Å²) in [6.07, 6.45) is -5.18. The SMILES string of the molecule is CC(F)(C(F)(F)F)S(C)(=O)=O. The molecule has 0 aliphatic rings. The van der Waals surface area contributed by atoms with Gasteiger partial charge in [0.25, 0.3) is 0 Å². The molecule has 0 aliphatic heterocycles. The Morgan fingerprint density at radius 3 is 1.36 bits per heavy atom. The van der Waals surface area contributed by atoms with Crippen molar-refractivity contribution < 1.29 is 26.0 Å². The highest BCUT2D eigenvalue weighted by molar-refractivity contribution is 7.91. The molecular weight excluding hydrogens is 188 g/mol. The second-order valence-electron chi connectivity index (χ2n) is 2.19. The van der Waals surface area contributed by atoms with Gasteiger partial charge in [0.15, 0.2) is 9.84 Å². The number of hydrogen-bond donors (Lipinski definition) is 0. The van der Waals surface area contributed by atoms with Gasteiger partial charge in [-0.2, -0.15) is 13.2 Å². The van der Waals surface area contributed by atoms with Gasteiger partial charge in [0.2, 0.25) is 0 Å². The fourth-order valence-corrected chi connectivity index (χ4v) is 0.631. The van der Waals surface area contributed by atoms with Crippen LogP contribution in [0.3, 0.4) is 0 Å². The van der Waals surface area contributed by atoms with Gasteiger partial charge in [0.05, 0.1) is 0 Å². The summed E-state index contributed by atoms with van der Waals surface area (Å²) in [5, 5.41) is -4.15. The number of halogens is 4. The van der Waals surface area contributed by atoms with Crippen molar-refractivity contribution in [3.05, 3.63) is 0 Å². The lowest BCUT2D eigenvalue weighted by Crippen LogP contribution is -2.44. The highest BCUT2D eigenvalue weighted by Gasteiger charge is 2.59. The molecule has 0 aromatic heterocycles.